The first kappa shape index (κ1) is 20.4. The van der Waals surface area contributed by atoms with Crippen LogP contribution in [0.3, 0.4) is 0 Å². The van der Waals surface area contributed by atoms with E-state index in [2.05, 4.69) is 18.7 Å². The number of hydrogen-bond acceptors (Lipinski definition) is 6. The Bertz CT molecular complexity index is 1050. The standard InChI is InChI=1S/C24H27NO5/c1-16-14-25(15-17(2)29-16)10-11-28-21-9-6-19-12-22(24(26)30-23(19)13-21)18-4-7-20(27-3)8-5-18/h4-9,12-13,16-17H,10-11,14-15H2,1-3H3/t16-,17+. The number of rotatable bonds is 6. The van der Waals surface area contributed by atoms with Gasteiger partial charge >= 0.3 is 5.63 Å². The summed E-state index contributed by atoms with van der Waals surface area (Å²) in [5.41, 5.74) is 1.46. The zero-order chi connectivity index (χ0) is 21.1. The van der Waals surface area contributed by atoms with Crippen molar-refractivity contribution in [1.29, 1.82) is 0 Å². The van der Waals surface area contributed by atoms with Gasteiger partial charge in [-0.1, -0.05) is 12.1 Å². The smallest absolute Gasteiger partial charge is 0.344 e. The minimum atomic E-state index is -0.374. The number of nitrogens with zero attached hydrogens (tertiary/aromatic N) is 1. The molecule has 158 valence electrons. The van der Waals surface area contributed by atoms with Crippen LogP contribution in [-0.2, 0) is 4.74 Å². The van der Waals surface area contributed by atoms with E-state index in [9.17, 15) is 4.79 Å². The maximum atomic E-state index is 12.5. The van der Waals surface area contributed by atoms with Gasteiger partial charge in [0.1, 0.15) is 23.7 Å². The Hall–Kier alpha value is -2.83. The minimum absolute atomic E-state index is 0.239. The van der Waals surface area contributed by atoms with E-state index in [0.29, 0.717) is 23.5 Å². The molecule has 6 nitrogen and oxygen atoms in total. The van der Waals surface area contributed by atoms with Crippen LogP contribution < -0.4 is 15.1 Å². The van der Waals surface area contributed by atoms with Gasteiger partial charge in [-0.2, -0.15) is 0 Å². The van der Waals surface area contributed by atoms with Crippen LogP contribution in [0.25, 0.3) is 22.1 Å². The molecule has 6 heteroatoms. The molecule has 0 spiro atoms. The lowest BCUT2D eigenvalue weighted by molar-refractivity contribution is -0.0699. The van der Waals surface area contributed by atoms with E-state index in [1.54, 1.807) is 13.2 Å². The Morgan fingerprint density at radius 1 is 1.00 bits per heavy atom. The van der Waals surface area contributed by atoms with E-state index in [1.807, 2.05) is 42.5 Å². The van der Waals surface area contributed by atoms with Gasteiger partial charge in [-0.3, -0.25) is 4.90 Å². The largest absolute Gasteiger partial charge is 0.497 e. The average Bonchev–Trinajstić information content (AvgIpc) is 2.72. The molecule has 1 aliphatic heterocycles. The molecule has 2 heterocycles. The van der Waals surface area contributed by atoms with Crippen LogP contribution in [0.2, 0.25) is 0 Å². The van der Waals surface area contributed by atoms with Crippen LogP contribution in [0.4, 0.5) is 0 Å². The van der Waals surface area contributed by atoms with Crippen LogP contribution >= 0.6 is 0 Å². The summed E-state index contributed by atoms with van der Waals surface area (Å²) in [6.07, 6.45) is 0.479. The number of morpholine rings is 1. The highest BCUT2D eigenvalue weighted by atomic mass is 16.5. The molecular formula is C24H27NO5. The molecule has 0 saturated carbocycles. The molecule has 3 aromatic rings. The van der Waals surface area contributed by atoms with E-state index in [4.69, 9.17) is 18.6 Å². The van der Waals surface area contributed by atoms with E-state index in [-0.39, 0.29) is 17.8 Å². The Kier molecular flexibility index (Phi) is 6.06. The van der Waals surface area contributed by atoms with Crippen LogP contribution in [0, 0.1) is 0 Å². The van der Waals surface area contributed by atoms with Gasteiger partial charge in [0.05, 0.1) is 24.9 Å². The molecule has 0 amide bonds. The van der Waals surface area contributed by atoms with Crippen LogP contribution in [0.15, 0.2) is 57.7 Å². The van der Waals surface area contributed by atoms with Gasteiger partial charge in [-0.25, -0.2) is 4.79 Å². The minimum Gasteiger partial charge on any atom is -0.497 e. The molecule has 1 aromatic heterocycles. The summed E-state index contributed by atoms with van der Waals surface area (Å²) in [5, 5.41) is 0.851. The molecule has 4 rings (SSSR count). The lowest BCUT2D eigenvalue weighted by Crippen LogP contribution is -2.46. The van der Waals surface area contributed by atoms with Crippen molar-refractivity contribution >= 4 is 11.0 Å². The second-order valence-electron chi connectivity index (χ2n) is 7.74. The van der Waals surface area contributed by atoms with E-state index in [0.717, 1.165) is 36.3 Å². The molecular weight excluding hydrogens is 382 g/mol. The van der Waals surface area contributed by atoms with Gasteiger partial charge in [0.25, 0.3) is 0 Å². The number of hydrogen-bond donors (Lipinski definition) is 0. The van der Waals surface area contributed by atoms with Gasteiger partial charge in [0, 0.05) is 31.1 Å². The van der Waals surface area contributed by atoms with Gasteiger partial charge in [0.15, 0.2) is 0 Å². The Labute approximate surface area is 176 Å². The summed E-state index contributed by atoms with van der Waals surface area (Å²) in [5.74, 6) is 1.43. The molecule has 1 aliphatic rings. The molecule has 0 bridgehead atoms. The molecule has 1 fully saturated rings. The van der Waals surface area contributed by atoms with Gasteiger partial charge in [-0.15, -0.1) is 0 Å². The Balaban J connectivity index is 1.46. The number of methoxy groups -OCH3 is 1. The fraction of sp³-hybridized carbons (Fsp3) is 0.375. The first-order valence-corrected chi connectivity index (χ1v) is 10.2. The highest BCUT2D eigenvalue weighted by Gasteiger charge is 2.21. The highest BCUT2D eigenvalue weighted by molar-refractivity contribution is 5.82. The topological polar surface area (TPSA) is 61.1 Å². The predicted octanol–water partition coefficient (Wildman–Crippen LogP) is 3.96. The third-order valence-electron chi connectivity index (χ3n) is 5.28. The van der Waals surface area contributed by atoms with Crippen LogP contribution in [-0.4, -0.2) is 50.5 Å². The van der Waals surface area contributed by atoms with E-state index < -0.39 is 0 Å². The van der Waals surface area contributed by atoms with Crippen molar-refractivity contribution in [2.45, 2.75) is 26.1 Å². The van der Waals surface area contributed by atoms with Crippen molar-refractivity contribution in [1.82, 2.24) is 4.90 Å². The predicted molar refractivity (Wildman–Crippen MR) is 116 cm³/mol. The van der Waals surface area contributed by atoms with Crippen molar-refractivity contribution in [3.05, 3.63) is 59.0 Å². The van der Waals surface area contributed by atoms with Gasteiger partial charge in [-0.05, 0) is 49.7 Å². The number of benzene rings is 2. The third-order valence-corrected chi connectivity index (χ3v) is 5.28. The normalized spacial score (nSPS) is 19.7. The summed E-state index contributed by atoms with van der Waals surface area (Å²) < 4.78 is 22.4. The SMILES string of the molecule is COc1ccc(-c2cc3ccc(OCCN4C[C@@H](C)O[C@@H](C)C4)cc3oc2=O)cc1. The van der Waals surface area contributed by atoms with Crippen molar-refractivity contribution < 1.29 is 18.6 Å². The number of ether oxygens (including phenoxy) is 3. The molecule has 0 radical (unpaired) electrons. The maximum absolute atomic E-state index is 12.5. The van der Waals surface area contributed by atoms with Crippen molar-refractivity contribution in [2.24, 2.45) is 0 Å². The van der Waals surface area contributed by atoms with Gasteiger partial charge in [0.2, 0.25) is 0 Å². The molecule has 0 aliphatic carbocycles. The molecule has 30 heavy (non-hydrogen) atoms. The molecule has 1 saturated heterocycles. The number of fused-ring (bicyclic) bond motifs is 1. The zero-order valence-electron chi connectivity index (χ0n) is 17.6. The summed E-state index contributed by atoms with van der Waals surface area (Å²) in [4.78, 5) is 14.9. The monoisotopic (exact) mass is 409 g/mol. The lowest BCUT2D eigenvalue weighted by atomic mass is 10.1. The third kappa shape index (κ3) is 4.66. The second kappa shape index (κ2) is 8.90. The average molecular weight is 409 g/mol. The fourth-order valence-corrected chi connectivity index (χ4v) is 3.91. The zero-order valence-corrected chi connectivity index (χ0v) is 17.6. The maximum Gasteiger partial charge on any atom is 0.344 e. The Morgan fingerprint density at radius 3 is 2.40 bits per heavy atom. The fourth-order valence-electron chi connectivity index (χ4n) is 3.91. The van der Waals surface area contributed by atoms with Crippen molar-refractivity contribution in [2.75, 3.05) is 33.4 Å². The summed E-state index contributed by atoms with van der Waals surface area (Å²) >= 11 is 0. The van der Waals surface area contributed by atoms with Gasteiger partial charge < -0.3 is 18.6 Å². The highest BCUT2D eigenvalue weighted by Crippen LogP contribution is 2.25. The van der Waals surface area contributed by atoms with Crippen LogP contribution in [0.1, 0.15) is 13.8 Å². The second-order valence-corrected chi connectivity index (χ2v) is 7.74. The first-order valence-electron chi connectivity index (χ1n) is 10.2. The van der Waals surface area contributed by atoms with Crippen molar-refractivity contribution in [3.63, 3.8) is 0 Å². The molecule has 2 aromatic carbocycles. The lowest BCUT2D eigenvalue weighted by Gasteiger charge is -2.35. The summed E-state index contributed by atoms with van der Waals surface area (Å²) in [7, 11) is 1.61. The summed E-state index contributed by atoms with van der Waals surface area (Å²) in [6, 6.07) is 14.8. The molecule has 2 atom stereocenters. The molecule has 0 N–H and O–H groups in total. The Morgan fingerprint density at radius 2 is 1.70 bits per heavy atom. The first-order chi connectivity index (χ1) is 14.5. The molecule has 0 unspecified atom stereocenters. The summed E-state index contributed by atoms with van der Waals surface area (Å²) in [6.45, 7) is 7.41. The van der Waals surface area contributed by atoms with Crippen LogP contribution in [0.5, 0.6) is 11.5 Å². The quantitative estimate of drug-likeness (QED) is 0.575. The van der Waals surface area contributed by atoms with Crippen molar-refractivity contribution in [3.8, 4) is 22.6 Å². The van der Waals surface area contributed by atoms with E-state index >= 15 is 0 Å². The van der Waals surface area contributed by atoms with E-state index in [1.165, 1.54) is 0 Å².